The van der Waals surface area contributed by atoms with E-state index in [0.29, 0.717) is 5.36 Å². The summed E-state index contributed by atoms with van der Waals surface area (Å²) in [7, 11) is 5.30. The van der Waals surface area contributed by atoms with Crippen LogP contribution in [0.5, 0.6) is 0 Å². The first-order chi connectivity index (χ1) is 3.39. The number of aromatic nitrogens is 1. The third-order valence-corrected chi connectivity index (χ3v) is 0.684. The van der Waals surface area contributed by atoms with Crippen LogP contribution in [0.25, 0.3) is 0 Å². The molecule has 0 amide bonds. The molecule has 0 saturated heterocycles. The van der Waals surface area contributed by atoms with Crippen LogP contribution < -0.4 is 5.36 Å². The standard InChI is InChI=1S/C4H3B2N/c5-4-3-7-2-1-6-4/h1-3H. The fraction of sp³-hybridized carbons (Fsp3) is 0. The minimum absolute atomic E-state index is 0.711. The van der Waals surface area contributed by atoms with Crippen molar-refractivity contribution in [1.29, 1.82) is 0 Å². The molecule has 0 fully saturated rings. The molecular weight excluding hydrogens is 83.7 g/mol. The summed E-state index contributed by atoms with van der Waals surface area (Å²) in [4.78, 5) is 3.76. The second-order valence-electron chi connectivity index (χ2n) is 1.29. The first kappa shape index (κ1) is 4.57. The average Bonchev–Trinajstić information content (AvgIpc) is 1.69. The molecule has 1 aromatic rings. The molecule has 30 valence electrons. The maximum absolute atomic E-state index is 5.30. The van der Waals surface area contributed by atoms with Crippen molar-refractivity contribution in [2.75, 3.05) is 0 Å². The van der Waals surface area contributed by atoms with Crippen molar-refractivity contribution in [3.05, 3.63) is 18.4 Å². The Balaban J connectivity index is 3.02. The second kappa shape index (κ2) is 1.92. The molecule has 0 atom stereocenters. The molecule has 7 heavy (non-hydrogen) atoms. The van der Waals surface area contributed by atoms with Crippen molar-refractivity contribution in [1.82, 2.24) is 4.98 Å². The van der Waals surface area contributed by atoms with Crippen LogP contribution in [0.15, 0.2) is 18.4 Å². The summed E-state index contributed by atoms with van der Waals surface area (Å²) in [6.07, 6.45) is 3.30. The van der Waals surface area contributed by atoms with Crippen LogP contribution in [-0.2, 0) is 0 Å². The Morgan fingerprint density at radius 3 is 2.86 bits per heavy atom. The Kier molecular flexibility index (Phi) is 1.25. The Bertz CT molecular complexity index is 140. The minimum atomic E-state index is 0.711. The van der Waals surface area contributed by atoms with E-state index in [-0.39, 0.29) is 0 Å². The topological polar surface area (TPSA) is 12.9 Å². The van der Waals surface area contributed by atoms with Crippen LogP contribution in [-0.4, -0.2) is 19.7 Å². The van der Waals surface area contributed by atoms with Gasteiger partial charge in [-0.25, -0.2) is 0 Å². The van der Waals surface area contributed by atoms with Crippen LogP contribution in [0.2, 0.25) is 0 Å². The molecule has 2 radical (unpaired) electrons. The van der Waals surface area contributed by atoms with E-state index in [1.807, 2.05) is 0 Å². The SMILES string of the molecule is [B]c1bccnc1. The Labute approximate surface area is 44.4 Å². The van der Waals surface area contributed by atoms with Crippen molar-refractivity contribution >= 4 is 20.1 Å². The molecule has 1 nitrogen and oxygen atoms in total. The summed E-state index contributed by atoms with van der Waals surface area (Å²) in [5.74, 6) is 1.80. The van der Waals surface area contributed by atoms with Gasteiger partial charge in [-0.05, 0) is 0 Å². The summed E-state index contributed by atoms with van der Waals surface area (Å²) < 4.78 is 0. The molecule has 0 aliphatic rings. The van der Waals surface area contributed by atoms with Gasteiger partial charge >= 0.3 is 43.5 Å². The van der Waals surface area contributed by atoms with Gasteiger partial charge in [-0.15, -0.1) is 0 Å². The summed E-state index contributed by atoms with van der Waals surface area (Å²) in [6.45, 7) is 1.80. The predicted molar refractivity (Wildman–Crippen MR) is 31.0 cm³/mol. The van der Waals surface area contributed by atoms with Crippen LogP contribution in [0.4, 0.5) is 0 Å². The van der Waals surface area contributed by atoms with Gasteiger partial charge in [0.25, 0.3) is 0 Å². The molecule has 0 aliphatic carbocycles. The van der Waals surface area contributed by atoms with Crippen molar-refractivity contribution in [3.63, 3.8) is 0 Å². The van der Waals surface area contributed by atoms with Gasteiger partial charge in [0.05, 0.1) is 0 Å². The van der Waals surface area contributed by atoms with E-state index in [9.17, 15) is 0 Å². The summed E-state index contributed by atoms with van der Waals surface area (Å²) >= 11 is 0. The molecule has 0 aliphatic heterocycles. The average molecular weight is 86.7 g/mol. The van der Waals surface area contributed by atoms with Gasteiger partial charge in [0.1, 0.15) is 0 Å². The molecule has 1 aromatic heterocycles. The third-order valence-electron chi connectivity index (χ3n) is 0.684. The van der Waals surface area contributed by atoms with Crippen molar-refractivity contribution in [2.45, 2.75) is 0 Å². The van der Waals surface area contributed by atoms with E-state index in [4.69, 9.17) is 7.85 Å². The van der Waals surface area contributed by atoms with Gasteiger partial charge in [0.2, 0.25) is 0 Å². The van der Waals surface area contributed by atoms with Crippen LogP contribution in [0.1, 0.15) is 0 Å². The predicted octanol–water partition coefficient (Wildman–Crippen LogP) is -0.787. The molecule has 0 N–H and O–H groups in total. The zero-order valence-corrected chi connectivity index (χ0v) is 3.83. The van der Waals surface area contributed by atoms with Gasteiger partial charge in [-0.3, -0.25) is 0 Å². The number of nitrogens with zero attached hydrogens (tertiary/aromatic N) is 1. The van der Waals surface area contributed by atoms with E-state index in [1.54, 1.807) is 25.3 Å². The van der Waals surface area contributed by atoms with Crippen molar-refractivity contribution in [2.24, 2.45) is 0 Å². The van der Waals surface area contributed by atoms with Gasteiger partial charge < -0.3 is 0 Å². The molecule has 0 unspecified atom stereocenters. The number of rotatable bonds is 0. The summed E-state index contributed by atoms with van der Waals surface area (Å²) in [5, 5.41) is 0.711. The summed E-state index contributed by atoms with van der Waals surface area (Å²) in [5.41, 5.74) is 0. The normalized spacial score (nSPS) is 8.00. The van der Waals surface area contributed by atoms with Crippen molar-refractivity contribution < 1.29 is 0 Å². The number of hydrogen-bond acceptors (Lipinski definition) is 1. The Morgan fingerprint density at radius 2 is 2.57 bits per heavy atom. The van der Waals surface area contributed by atoms with Crippen LogP contribution in [0.3, 0.4) is 0 Å². The van der Waals surface area contributed by atoms with E-state index in [0.717, 1.165) is 0 Å². The zero-order valence-electron chi connectivity index (χ0n) is 3.83. The van der Waals surface area contributed by atoms with Gasteiger partial charge in [-0.1, -0.05) is 0 Å². The van der Waals surface area contributed by atoms with Crippen LogP contribution >= 0.6 is 0 Å². The molecule has 0 bridgehead atoms. The van der Waals surface area contributed by atoms with Gasteiger partial charge in [0.15, 0.2) is 0 Å². The first-order valence-corrected chi connectivity index (χ1v) is 2.05. The summed E-state index contributed by atoms with van der Waals surface area (Å²) in [6, 6.07) is 0. The Hall–Kier alpha value is -0.590. The molecular formula is C4H3B2N. The molecule has 1 rings (SSSR count). The zero-order chi connectivity index (χ0) is 5.11. The van der Waals surface area contributed by atoms with Crippen LogP contribution in [0, 0.1) is 0 Å². The van der Waals surface area contributed by atoms with Crippen molar-refractivity contribution in [3.8, 4) is 0 Å². The third kappa shape index (κ3) is 1.15. The fourth-order valence-electron chi connectivity index (χ4n) is 0.376. The molecule has 3 heteroatoms. The first-order valence-electron chi connectivity index (χ1n) is 2.05. The molecule has 1 heterocycles. The fourth-order valence-corrected chi connectivity index (χ4v) is 0.376. The van der Waals surface area contributed by atoms with E-state index in [2.05, 4.69) is 4.98 Å². The van der Waals surface area contributed by atoms with Gasteiger partial charge in [0, 0.05) is 0 Å². The Morgan fingerprint density at radius 1 is 1.71 bits per heavy atom. The molecule has 0 spiro atoms. The quantitative estimate of drug-likeness (QED) is 0.378. The van der Waals surface area contributed by atoms with E-state index < -0.39 is 0 Å². The number of hydrogen-bond donors (Lipinski definition) is 0. The monoisotopic (exact) mass is 87.0 g/mol. The molecule has 0 aromatic carbocycles. The van der Waals surface area contributed by atoms with Gasteiger partial charge in [-0.2, -0.15) is 0 Å². The van der Waals surface area contributed by atoms with E-state index in [1.165, 1.54) is 0 Å². The maximum atomic E-state index is 5.30. The van der Waals surface area contributed by atoms with E-state index >= 15 is 0 Å². The molecule has 0 saturated carbocycles. The second-order valence-corrected chi connectivity index (χ2v) is 1.29.